The number of hydrogen-bond donors (Lipinski definition) is 1. The largest absolute Gasteiger partial charge is 0.416 e. The van der Waals surface area contributed by atoms with Gasteiger partial charge in [-0.1, -0.05) is 30.3 Å². The average Bonchev–Trinajstić information content (AvgIpc) is 3.13. The molecule has 0 radical (unpaired) electrons. The molecular formula is C18H19N3O3. The number of aldehydes is 1. The molecular weight excluding hydrogens is 306 g/mol. The lowest BCUT2D eigenvalue weighted by molar-refractivity contribution is 0.112. The van der Waals surface area contributed by atoms with Gasteiger partial charge >= 0.3 is 0 Å². The topological polar surface area (TPSA) is 79.5 Å². The molecule has 0 saturated heterocycles. The van der Waals surface area contributed by atoms with Crippen molar-refractivity contribution in [3.63, 3.8) is 0 Å². The van der Waals surface area contributed by atoms with Crippen molar-refractivity contribution >= 4 is 12.0 Å². The molecule has 0 fully saturated rings. The fourth-order valence-corrected chi connectivity index (χ4v) is 2.28. The molecule has 1 aromatic heterocycles. The number of aromatic nitrogens is 2. The van der Waals surface area contributed by atoms with Gasteiger partial charge in [-0.3, -0.25) is 4.79 Å². The highest BCUT2D eigenvalue weighted by Crippen LogP contribution is 2.31. The minimum absolute atomic E-state index is 0.339. The van der Waals surface area contributed by atoms with Crippen LogP contribution in [-0.4, -0.2) is 42.8 Å². The fourth-order valence-electron chi connectivity index (χ4n) is 2.28. The number of benzene rings is 2. The maximum absolute atomic E-state index is 11.1. The van der Waals surface area contributed by atoms with E-state index in [1.165, 1.54) is 0 Å². The third kappa shape index (κ3) is 3.49. The smallest absolute Gasteiger partial charge is 0.250 e. The molecule has 0 bridgehead atoms. The van der Waals surface area contributed by atoms with Gasteiger partial charge in [0.2, 0.25) is 11.8 Å². The predicted molar refractivity (Wildman–Crippen MR) is 93.0 cm³/mol. The van der Waals surface area contributed by atoms with Crippen LogP contribution < -0.4 is 4.90 Å². The van der Waals surface area contributed by atoms with Crippen molar-refractivity contribution in [2.75, 3.05) is 26.1 Å². The first kappa shape index (κ1) is 17.4. The minimum Gasteiger partial charge on any atom is -0.416 e. The molecule has 1 heterocycles. The van der Waals surface area contributed by atoms with Crippen molar-refractivity contribution in [2.24, 2.45) is 0 Å². The van der Waals surface area contributed by atoms with Gasteiger partial charge in [0.25, 0.3) is 0 Å². The first-order valence-corrected chi connectivity index (χ1v) is 7.30. The molecule has 1 N–H and O–H groups in total. The summed E-state index contributed by atoms with van der Waals surface area (Å²) in [6, 6.07) is 14.9. The number of nitrogens with zero attached hydrogens (tertiary/aromatic N) is 3. The summed E-state index contributed by atoms with van der Waals surface area (Å²) in [4.78, 5) is 13.1. The van der Waals surface area contributed by atoms with Crippen LogP contribution in [0.5, 0.6) is 0 Å². The Morgan fingerprint density at radius 3 is 2.08 bits per heavy atom. The number of anilines is 1. The van der Waals surface area contributed by atoms with Crippen LogP contribution in [0.1, 0.15) is 10.4 Å². The third-order valence-electron chi connectivity index (χ3n) is 3.36. The van der Waals surface area contributed by atoms with E-state index in [-0.39, 0.29) is 0 Å². The van der Waals surface area contributed by atoms with E-state index in [9.17, 15) is 4.79 Å². The van der Waals surface area contributed by atoms with Crippen LogP contribution in [0.4, 0.5) is 5.69 Å². The van der Waals surface area contributed by atoms with E-state index in [1.54, 1.807) is 18.2 Å². The highest BCUT2D eigenvalue weighted by molar-refractivity contribution is 5.85. The lowest BCUT2D eigenvalue weighted by atomic mass is 10.1. The number of rotatable bonds is 4. The Bertz CT molecular complexity index is 813. The normalized spacial score (nSPS) is 9.83. The third-order valence-corrected chi connectivity index (χ3v) is 3.36. The number of carbonyl (C=O) groups is 1. The SMILES string of the molecule is CN(C)c1ccccc1-c1nnc(-c2ccccc2C=O)o1.CO. The van der Waals surface area contributed by atoms with Gasteiger partial charge in [0.05, 0.1) is 5.56 Å². The van der Waals surface area contributed by atoms with Crippen molar-refractivity contribution in [2.45, 2.75) is 0 Å². The summed E-state index contributed by atoms with van der Waals surface area (Å²) in [5.74, 6) is 0.770. The number of aliphatic hydroxyl groups excluding tert-OH is 1. The molecule has 6 nitrogen and oxygen atoms in total. The molecule has 2 aromatic carbocycles. The lowest BCUT2D eigenvalue weighted by Crippen LogP contribution is -2.09. The molecule has 0 aliphatic carbocycles. The van der Waals surface area contributed by atoms with Crippen LogP contribution in [0.15, 0.2) is 52.9 Å². The van der Waals surface area contributed by atoms with Gasteiger partial charge in [0.15, 0.2) is 6.29 Å². The predicted octanol–water partition coefficient (Wildman–Crippen LogP) is 2.89. The number of carbonyl (C=O) groups excluding carboxylic acids is 1. The summed E-state index contributed by atoms with van der Waals surface area (Å²) in [6.45, 7) is 0. The Kier molecular flexibility index (Phi) is 5.81. The molecule has 0 atom stereocenters. The maximum atomic E-state index is 11.1. The Morgan fingerprint density at radius 2 is 1.46 bits per heavy atom. The summed E-state index contributed by atoms with van der Waals surface area (Å²) in [6.07, 6.45) is 0.785. The van der Waals surface area contributed by atoms with Gasteiger partial charge in [-0.25, -0.2) is 0 Å². The van der Waals surface area contributed by atoms with Gasteiger partial charge in [-0.2, -0.15) is 0 Å². The second kappa shape index (κ2) is 8.03. The van der Waals surface area contributed by atoms with Gasteiger partial charge in [0, 0.05) is 38.0 Å². The van der Waals surface area contributed by atoms with Crippen molar-refractivity contribution < 1.29 is 14.3 Å². The Morgan fingerprint density at radius 1 is 0.917 bits per heavy atom. The van der Waals surface area contributed by atoms with Crippen molar-refractivity contribution in [3.8, 4) is 22.9 Å². The molecule has 0 aliphatic heterocycles. The summed E-state index contributed by atoms with van der Waals surface area (Å²) >= 11 is 0. The van der Waals surface area contributed by atoms with Crippen LogP contribution in [-0.2, 0) is 0 Å². The molecule has 0 spiro atoms. The molecule has 3 rings (SSSR count). The Labute approximate surface area is 140 Å². The first-order valence-electron chi connectivity index (χ1n) is 7.30. The molecule has 0 unspecified atom stereocenters. The quantitative estimate of drug-likeness (QED) is 0.743. The van der Waals surface area contributed by atoms with E-state index >= 15 is 0 Å². The molecule has 0 amide bonds. The number of para-hydroxylation sites is 1. The van der Waals surface area contributed by atoms with Crippen molar-refractivity contribution in [1.82, 2.24) is 10.2 Å². The van der Waals surface area contributed by atoms with E-state index in [1.807, 2.05) is 49.3 Å². The second-order valence-electron chi connectivity index (χ2n) is 5.03. The van der Waals surface area contributed by atoms with E-state index in [2.05, 4.69) is 10.2 Å². The standard InChI is InChI=1S/C17H15N3O2.CH4O/c1-20(2)15-10-6-5-9-14(15)17-19-18-16(22-17)13-8-4-3-7-12(13)11-21;1-2/h3-11H,1-2H3;2H,1H3. The van der Waals surface area contributed by atoms with Crippen LogP contribution in [0.25, 0.3) is 22.9 Å². The Balaban J connectivity index is 0.00000100. The summed E-state index contributed by atoms with van der Waals surface area (Å²) in [7, 11) is 4.91. The molecule has 0 saturated carbocycles. The maximum Gasteiger partial charge on any atom is 0.250 e. The van der Waals surface area contributed by atoms with E-state index < -0.39 is 0 Å². The zero-order valence-corrected chi connectivity index (χ0v) is 13.8. The van der Waals surface area contributed by atoms with Gasteiger partial charge < -0.3 is 14.4 Å². The van der Waals surface area contributed by atoms with E-state index in [4.69, 9.17) is 9.52 Å². The first-order chi connectivity index (χ1) is 11.7. The zero-order chi connectivity index (χ0) is 17.5. The number of aliphatic hydroxyl groups is 1. The van der Waals surface area contributed by atoms with Gasteiger partial charge in [-0.15, -0.1) is 10.2 Å². The van der Waals surface area contributed by atoms with E-state index in [0.29, 0.717) is 22.9 Å². The van der Waals surface area contributed by atoms with E-state index in [0.717, 1.165) is 24.6 Å². The highest BCUT2D eigenvalue weighted by Gasteiger charge is 2.16. The monoisotopic (exact) mass is 325 g/mol. The minimum atomic E-state index is 0.339. The summed E-state index contributed by atoms with van der Waals surface area (Å²) in [5.41, 5.74) is 3.01. The lowest BCUT2D eigenvalue weighted by Gasteiger charge is -2.14. The molecule has 6 heteroatoms. The zero-order valence-electron chi connectivity index (χ0n) is 13.8. The van der Waals surface area contributed by atoms with Gasteiger partial charge in [0.1, 0.15) is 0 Å². The van der Waals surface area contributed by atoms with Crippen LogP contribution >= 0.6 is 0 Å². The van der Waals surface area contributed by atoms with Crippen LogP contribution in [0.2, 0.25) is 0 Å². The second-order valence-corrected chi connectivity index (χ2v) is 5.03. The van der Waals surface area contributed by atoms with Gasteiger partial charge in [-0.05, 0) is 18.2 Å². The van der Waals surface area contributed by atoms with Crippen LogP contribution in [0.3, 0.4) is 0 Å². The average molecular weight is 325 g/mol. The summed E-state index contributed by atoms with van der Waals surface area (Å²) in [5, 5.41) is 15.2. The number of hydrogen-bond acceptors (Lipinski definition) is 6. The molecule has 124 valence electrons. The van der Waals surface area contributed by atoms with Crippen LogP contribution in [0, 0.1) is 0 Å². The molecule has 24 heavy (non-hydrogen) atoms. The van der Waals surface area contributed by atoms with Crippen molar-refractivity contribution in [1.29, 1.82) is 0 Å². The summed E-state index contributed by atoms with van der Waals surface area (Å²) < 4.78 is 5.78. The molecule has 0 aliphatic rings. The molecule has 3 aromatic rings. The Hall–Kier alpha value is -2.99. The van der Waals surface area contributed by atoms with Crippen molar-refractivity contribution in [3.05, 3.63) is 54.1 Å². The fraction of sp³-hybridized carbons (Fsp3) is 0.167. The highest BCUT2D eigenvalue weighted by atomic mass is 16.4.